The molecule has 108 valence electrons. The lowest BCUT2D eigenvalue weighted by atomic mass is 10.2. The van der Waals surface area contributed by atoms with Crippen LogP contribution in [0.15, 0.2) is 0 Å². The quantitative estimate of drug-likeness (QED) is 0.465. The molecule has 9 nitrogen and oxygen atoms in total. The minimum Gasteiger partial charge on any atom is -0.480 e. The van der Waals surface area contributed by atoms with E-state index < -0.39 is 29.1 Å². The van der Waals surface area contributed by atoms with E-state index in [-0.39, 0.29) is 17.3 Å². The van der Waals surface area contributed by atoms with E-state index in [1.54, 1.807) is 0 Å². The summed E-state index contributed by atoms with van der Waals surface area (Å²) in [4.78, 5) is 47.4. The summed E-state index contributed by atoms with van der Waals surface area (Å²) in [5.41, 5.74) is 0. The molecule has 0 aromatic rings. The zero-order valence-electron chi connectivity index (χ0n) is 10.3. The van der Waals surface area contributed by atoms with E-state index in [1.807, 2.05) is 0 Å². The van der Waals surface area contributed by atoms with E-state index in [2.05, 4.69) is 10.2 Å². The van der Waals surface area contributed by atoms with Gasteiger partial charge in [-0.3, -0.25) is 9.59 Å². The van der Waals surface area contributed by atoms with Gasteiger partial charge in [-0.1, -0.05) is 18.7 Å². The molecule has 0 bridgehead atoms. The van der Waals surface area contributed by atoms with Gasteiger partial charge in [0.25, 0.3) is 5.09 Å². The molecule has 0 spiro atoms. The molecule has 10 heteroatoms. The number of nitrogens with zero attached hydrogens (tertiary/aromatic N) is 1. The number of carboxylic acids is 1. The number of hydrogen-bond acceptors (Lipinski definition) is 7. The Hall–Kier alpha value is -1.84. The molecule has 2 N–H and O–H groups in total. The summed E-state index contributed by atoms with van der Waals surface area (Å²) < 4.78 is 0. The number of rotatable bonds is 8. The number of carboxylic acid groups (broad SMARTS) is 1. The Morgan fingerprint density at radius 2 is 2.05 bits per heavy atom. The Morgan fingerprint density at radius 3 is 2.42 bits per heavy atom. The molecule has 0 aromatic carbocycles. The van der Waals surface area contributed by atoms with Crippen LogP contribution < -0.4 is 5.32 Å². The van der Waals surface area contributed by atoms with Crippen molar-refractivity contribution >= 4 is 28.8 Å². The SMILES string of the molecule is CCC(O[N+](=O)[O-])C(=O)NC(CSC(C)=O)C(=O)O. The third-order valence-corrected chi connectivity index (χ3v) is 2.85. The Bertz CT molecular complexity index is 374. The molecular weight excluding hydrogens is 280 g/mol. The molecule has 0 radical (unpaired) electrons. The van der Waals surface area contributed by atoms with Crippen LogP contribution in [0, 0.1) is 10.1 Å². The van der Waals surface area contributed by atoms with E-state index in [1.165, 1.54) is 13.8 Å². The number of amides is 1. The largest absolute Gasteiger partial charge is 0.480 e. The fraction of sp³-hybridized carbons (Fsp3) is 0.667. The van der Waals surface area contributed by atoms with E-state index in [9.17, 15) is 24.5 Å². The normalized spacial score (nSPS) is 13.2. The van der Waals surface area contributed by atoms with Crippen molar-refractivity contribution in [1.29, 1.82) is 0 Å². The summed E-state index contributed by atoms with van der Waals surface area (Å²) in [6.07, 6.45) is -1.36. The van der Waals surface area contributed by atoms with Gasteiger partial charge in [0, 0.05) is 12.7 Å². The minimum atomic E-state index is -1.38. The van der Waals surface area contributed by atoms with E-state index >= 15 is 0 Å². The van der Waals surface area contributed by atoms with Gasteiger partial charge in [-0.15, -0.1) is 10.1 Å². The molecule has 19 heavy (non-hydrogen) atoms. The van der Waals surface area contributed by atoms with E-state index in [0.29, 0.717) is 0 Å². The first-order valence-corrected chi connectivity index (χ1v) is 6.24. The first-order chi connectivity index (χ1) is 8.77. The average Bonchev–Trinajstić information content (AvgIpc) is 2.30. The van der Waals surface area contributed by atoms with Crippen LogP contribution in [0.2, 0.25) is 0 Å². The van der Waals surface area contributed by atoms with Gasteiger partial charge >= 0.3 is 5.97 Å². The number of carbonyl (C=O) groups is 3. The predicted octanol–water partition coefficient (Wildman–Crippen LogP) is -0.178. The van der Waals surface area contributed by atoms with Crippen LogP contribution in [0.25, 0.3) is 0 Å². The second-order valence-corrected chi connectivity index (χ2v) is 4.62. The Kier molecular flexibility index (Phi) is 7.49. The van der Waals surface area contributed by atoms with Gasteiger partial charge in [-0.25, -0.2) is 4.79 Å². The van der Waals surface area contributed by atoms with Crippen LogP contribution in [0.3, 0.4) is 0 Å². The summed E-state index contributed by atoms with van der Waals surface area (Å²) in [7, 11) is 0. The lowest BCUT2D eigenvalue weighted by molar-refractivity contribution is -0.764. The van der Waals surface area contributed by atoms with Gasteiger partial charge in [-0.2, -0.15) is 0 Å². The second-order valence-electron chi connectivity index (χ2n) is 3.43. The molecule has 0 fully saturated rings. The Labute approximate surface area is 112 Å². The van der Waals surface area contributed by atoms with Crippen LogP contribution in [-0.4, -0.2) is 45.1 Å². The molecule has 0 aliphatic heterocycles. The van der Waals surface area contributed by atoms with Crippen LogP contribution in [0.5, 0.6) is 0 Å². The van der Waals surface area contributed by atoms with Crippen molar-refractivity contribution in [3.8, 4) is 0 Å². The molecule has 0 heterocycles. The second kappa shape index (κ2) is 8.29. The van der Waals surface area contributed by atoms with Gasteiger partial charge < -0.3 is 15.3 Å². The van der Waals surface area contributed by atoms with Crippen molar-refractivity contribution in [2.75, 3.05) is 5.75 Å². The third kappa shape index (κ3) is 7.24. The van der Waals surface area contributed by atoms with Gasteiger partial charge in [0.1, 0.15) is 6.04 Å². The topological polar surface area (TPSA) is 136 Å². The van der Waals surface area contributed by atoms with Crippen molar-refractivity contribution in [3.63, 3.8) is 0 Å². The molecular formula is C9H14N2O7S. The maximum atomic E-state index is 11.6. The summed E-state index contributed by atoms with van der Waals surface area (Å²) >= 11 is 0.734. The highest BCUT2D eigenvalue weighted by Crippen LogP contribution is 2.06. The maximum absolute atomic E-state index is 11.6. The minimum absolute atomic E-state index is 0.0129. The number of carbonyl (C=O) groups excluding carboxylic acids is 2. The van der Waals surface area contributed by atoms with Crippen molar-refractivity contribution < 1.29 is 29.4 Å². The van der Waals surface area contributed by atoms with Crippen molar-refractivity contribution in [2.24, 2.45) is 0 Å². The molecule has 2 atom stereocenters. The highest BCUT2D eigenvalue weighted by atomic mass is 32.2. The number of nitrogens with one attached hydrogen (secondary N) is 1. The maximum Gasteiger partial charge on any atom is 0.327 e. The van der Waals surface area contributed by atoms with Crippen molar-refractivity contribution in [3.05, 3.63) is 10.1 Å². The first kappa shape index (κ1) is 17.2. The third-order valence-electron chi connectivity index (χ3n) is 1.94. The van der Waals surface area contributed by atoms with Crippen molar-refractivity contribution in [1.82, 2.24) is 5.32 Å². The summed E-state index contributed by atoms with van der Waals surface area (Å²) in [5, 5.41) is 19.7. The average molecular weight is 294 g/mol. The lowest BCUT2D eigenvalue weighted by Gasteiger charge is -2.17. The van der Waals surface area contributed by atoms with Crippen LogP contribution in [0.4, 0.5) is 0 Å². The summed E-state index contributed by atoms with van der Waals surface area (Å²) in [6, 6.07) is -1.31. The van der Waals surface area contributed by atoms with E-state index in [4.69, 9.17) is 5.11 Å². The lowest BCUT2D eigenvalue weighted by Crippen LogP contribution is -2.48. The van der Waals surface area contributed by atoms with Gasteiger partial charge in [0.15, 0.2) is 11.2 Å². The molecule has 0 aromatic heterocycles. The first-order valence-electron chi connectivity index (χ1n) is 5.25. The number of hydrogen-bond donors (Lipinski definition) is 2. The molecule has 2 unspecified atom stereocenters. The van der Waals surface area contributed by atoms with Gasteiger partial charge in [0.05, 0.1) is 0 Å². The summed E-state index contributed by atoms with van der Waals surface area (Å²) in [5.74, 6) is -2.40. The fourth-order valence-electron chi connectivity index (χ4n) is 1.05. The van der Waals surface area contributed by atoms with E-state index in [0.717, 1.165) is 11.8 Å². The number of thioether (sulfide) groups is 1. The number of aliphatic carboxylic acids is 1. The highest BCUT2D eigenvalue weighted by molar-refractivity contribution is 8.13. The Morgan fingerprint density at radius 1 is 1.47 bits per heavy atom. The van der Waals surface area contributed by atoms with Gasteiger partial charge in [0.2, 0.25) is 5.91 Å². The van der Waals surface area contributed by atoms with Crippen LogP contribution in [-0.2, 0) is 19.2 Å². The molecule has 0 rings (SSSR count). The molecule has 0 saturated carbocycles. The highest BCUT2D eigenvalue weighted by Gasteiger charge is 2.26. The Balaban J connectivity index is 4.55. The standard InChI is InChI=1S/C9H14N2O7S/c1-3-7(18-11(16)17)8(13)10-6(9(14)15)4-19-5(2)12/h6-7H,3-4H2,1-2H3,(H,10,13)(H,14,15). The molecule has 0 aliphatic carbocycles. The zero-order valence-corrected chi connectivity index (χ0v) is 11.1. The predicted molar refractivity (Wildman–Crippen MR) is 64.9 cm³/mol. The van der Waals surface area contributed by atoms with Crippen LogP contribution >= 0.6 is 11.8 Å². The van der Waals surface area contributed by atoms with Crippen LogP contribution in [0.1, 0.15) is 20.3 Å². The molecule has 1 amide bonds. The monoisotopic (exact) mass is 294 g/mol. The smallest absolute Gasteiger partial charge is 0.327 e. The molecule has 0 saturated heterocycles. The summed E-state index contributed by atoms with van der Waals surface area (Å²) in [6.45, 7) is 2.74. The molecule has 0 aliphatic rings. The van der Waals surface area contributed by atoms with Crippen molar-refractivity contribution in [2.45, 2.75) is 32.4 Å². The fourth-order valence-corrected chi connectivity index (χ4v) is 1.68. The zero-order chi connectivity index (χ0) is 15.0. The van der Waals surface area contributed by atoms with Gasteiger partial charge in [-0.05, 0) is 6.42 Å².